The second-order valence-corrected chi connectivity index (χ2v) is 5.31. The van der Waals surface area contributed by atoms with Crippen LogP contribution in [0.3, 0.4) is 0 Å². The Morgan fingerprint density at radius 2 is 2.33 bits per heavy atom. The topological polar surface area (TPSA) is 48.1 Å². The van der Waals surface area contributed by atoms with Crippen LogP contribution in [0.4, 0.5) is 0 Å². The number of hydrogen-bond donors (Lipinski definition) is 1. The van der Waals surface area contributed by atoms with Crippen LogP contribution in [0.15, 0.2) is 0 Å². The summed E-state index contributed by atoms with van der Waals surface area (Å²) in [7, 11) is 1.74. The van der Waals surface area contributed by atoms with Crippen molar-refractivity contribution in [2.75, 3.05) is 7.11 Å². The molecule has 4 heteroatoms. The summed E-state index contributed by atoms with van der Waals surface area (Å²) in [6.45, 7) is 2.70. The average molecular weight is 226 g/mol. The van der Waals surface area contributed by atoms with E-state index in [4.69, 9.17) is 10.5 Å². The summed E-state index contributed by atoms with van der Waals surface area (Å²) in [5, 5.41) is 1.17. The molecule has 0 bridgehead atoms. The van der Waals surface area contributed by atoms with E-state index < -0.39 is 0 Å². The van der Waals surface area contributed by atoms with Gasteiger partial charge < -0.3 is 10.5 Å². The third-order valence-electron chi connectivity index (χ3n) is 2.79. The first-order valence-electron chi connectivity index (χ1n) is 5.46. The molecular weight excluding hydrogens is 208 g/mol. The number of methoxy groups -OCH3 is 1. The minimum atomic E-state index is 0.244. The predicted octanol–water partition coefficient (Wildman–Crippen LogP) is 2.06. The molecule has 0 aromatic carbocycles. The van der Waals surface area contributed by atoms with Gasteiger partial charge in [0, 0.05) is 30.9 Å². The van der Waals surface area contributed by atoms with Crippen LogP contribution in [0.5, 0.6) is 0 Å². The predicted molar refractivity (Wildman–Crippen MR) is 62.2 cm³/mol. The van der Waals surface area contributed by atoms with Crippen LogP contribution in [0, 0.1) is 0 Å². The Labute approximate surface area is 94.7 Å². The summed E-state index contributed by atoms with van der Waals surface area (Å²) in [6, 6.07) is 0. The molecule has 0 saturated heterocycles. The highest BCUT2D eigenvalue weighted by Crippen LogP contribution is 2.42. The SMILES string of the molecule is COC(C)Cc1nc(C2CC2)c(CN)s1. The zero-order valence-corrected chi connectivity index (χ0v) is 10.1. The van der Waals surface area contributed by atoms with E-state index in [1.807, 2.05) is 0 Å². The maximum atomic E-state index is 5.73. The lowest BCUT2D eigenvalue weighted by atomic mass is 10.2. The van der Waals surface area contributed by atoms with Gasteiger partial charge in [-0.05, 0) is 19.8 Å². The first-order valence-corrected chi connectivity index (χ1v) is 6.27. The molecule has 1 aliphatic carbocycles. The van der Waals surface area contributed by atoms with Gasteiger partial charge in [0.25, 0.3) is 0 Å². The second-order valence-electron chi connectivity index (χ2n) is 4.14. The lowest BCUT2D eigenvalue weighted by Gasteiger charge is -2.05. The van der Waals surface area contributed by atoms with Gasteiger partial charge in [0.05, 0.1) is 16.8 Å². The molecule has 0 radical (unpaired) electrons. The van der Waals surface area contributed by atoms with Crippen LogP contribution >= 0.6 is 11.3 Å². The Kier molecular flexibility index (Phi) is 3.38. The monoisotopic (exact) mass is 226 g/mol. The first kappa shape index (κ1) is 11.0. The van der Waals surface area contributed by atoms with E-state index in [0.29, 0.717) is 12.5 Å². The molecule has 2 N–H and O–H groups in total. The third kappa shape index (κ3) is 2.56. The first-order chi connectivity index (χ1) is 7.24. The zero-order chi connectivity index (χ0) is 10.8. The molecule has 1 aromatic rings. The molecule has 3 nitrogen and oxygen atoms in total. The molecule has 2 rings (SSSR count). The van der Waals surface area contributed by atoms with Gasteiger partial charge in [0.2, 0.25) is 0 Å². The van der Waals surface area contributed by atoms with Crippen molar-refractivity contribution >= 4 is 11.3 Å². The van der Waals surface area contributed by atoms with Gasteiger partial charge >= 0.3 is 0 Å². The maximum absolute atomic E-state index is 5.73. The van der Waals surface area contributed by atoms with E-state index >= 15 is 0 Å². The molecule has 84 valence electrons. The van der Waals surface area contributed by atoms with Gasteiger partial charge in [-0.1, -0.05) is 0 Å². The fourth-order valence-electron chi connectivity index (χ4n) is 1.65. The van der Waals surface area contributed by atoms with Gasteiger partial charge in [-0.15, -0.1) is 11.3 Å². The molecule has 1 atom stereocenters. The second kappa shape index (κ2) is 4.60. The van der Waals surface area contributed by atoms with E-state index in [2.05, 4.69) is 11.9 Å². The van der Waals surface area contributed by atoms with Crippen molar-refractivity contribution in [1.82, 2.24) is 4.98 Å². The number of ether oxygens (including phenoxy) is 1. The quantitative estimate of drug-likeness (QED) is 0.836. The van der Waals surface area contributed by atoms with E-state index in [1.54, 1.807) is 18.4 Å². The maximum Gasteiger partial charge on any atom is 0.0957 e. The molecule has 15 heavy (non-hydrogen) atoms. The summed E-state index contributed by atoms with van der Waals surface area (Å²) in [6.07, 6.45) is 3.72. The molecule has 1 aromatic heterocycles. The zero-order valence-electron chi connectivity index (χ0n) is 9.32. The minimum absolute atomic E-state index is 0.244. The van der Waals surface area contributed by atoms with Crippen molar-refractivity contribution in [3.05, 3.63) is 15.6 Å². The minimum Gasteiger partial charge on any atom is -0.381 e. The van der Waals surface area contributed by atoms with Gasteiger partial charge in [-0.25, -0.2) is 4.98 Å². The molecular formula is C11H18N2OS. The van der Waals surface area contributed by atoms with E-state index in [-0.39, 0.29) is 6.10 Å². The number of hydrogen-bond acceptors (Lipinski definition) is 4. The van der Waals surface area contributed by atoms with Crippen molar-refractivity contribution in [3.63, 3.8) is 0 Å². The summed E-state index contributed by atoms with van der Waals surface area (Å²) >= 11 is 1.76. The summed E-state index contributed by atoms with van der Waals surface area (Å²) in [5.41, 5.74) is 7.00. The fourth-order valence-corrected chi connectivity index (χ4v) is 2.80. The number of thiazole rings is 1. The largest absolute Gasteiger partial charge is 0.381 e. The van der Waals surface area contributed by atoms with Crippen LogP contribution in [-0.4, -0.2) is 18.2 Å². The van der Waals surface area contributed by atoms with Crippen molar-refractivity contribution in [3.8, 4) is 0 Å². The standard InChI is InChI=1S/C11H18N2OS/c1-7(14-2)5-10-13-11(8-3-4-8)9(6-12)15-10/h7-8H,3-6,12H2,1-2H3. The molecule has 1 aliphatic rings. The number of nitrogens with zero attached hydrogens (tertiary/aromatic N) is 1. The number of aromatic nitrogens is 1. The van der Waals surface area contributed by atoms with Crippen LogP contribution in [0.2, 0.25) is 0 Å². The number of nitrogens with two attached hydrogens (primary N) is 1. The van der Waals surface area contributed by atoms with Crippen molar-refractivity contribution < 1.29 is 4.74 Å². The Hall–Kier alpha value is -0.450. The molecule has 1 fully saturated rings. The Morgan fingerprint density at radius 3 is 2.87 bits per heavy atom. The summed E-state index contributed by atoms with van der Waals surface area (Å²) in [4.78, 5) is 5.96. The third-order valence-corrected chi connectivity index (χ3v) is 3.90. The van der Waals surface area contributed by atoms with Crippen LogP contribution in [-0.2, 0) is 17.7 Å². The molecule has 0 amide bonds. The molecule has 1 saturated carbocycles. The summed E-state index contributed by atoms with van der Waals surface area (Å²) < 4.78 is 5.25. The normalized spacial score (nSPS) is 18.1. The molecule has 0 spiro atoms. The highest BCUT2D eigenvalue weighted by atomic mass is 32.1. The van der Waals surface area contributed by atoms with E-state index in [1.165, 1.54) is 28.4 Å². The lowest BCUT2D eigenvalue weighted by molar-refractivity contribution is 0.118. The average Bonchev–Trinajstić information content (AvgIpc) is 3.00. The van der Waals surface area contributed by atoms with E-state index in [9.17, 15) is 0 Å². The number of rotatable bonds is 5. The van der Waals surface area contributed by atoms with Crippen LogP contribution < -0.4 is 5.73 Å². The lowest BCUT2D eigenvalue weighted by Crippen LogP contribution is -2.08. The Balaban J connectivity index is 2.11. The molecule has 1 unspecified atom stereocenters. The Morgan fingerprint density at radius 1 is 1.60 bits per heavy atom. The van der Waals surface area contributed by atoms with Crippen molar-refractivity contribution in [2.24, 2.45) is 5.73 Å². The summed E-state index contributed by atoms with van der Waals surface area (Å²) in [5.74, 6) is 0.700. The van der Waals surface area contributed by atoms with Crippen molar-refractivity contribution in [1.29, 1.82) is 0 Å². The molecule has 0 aliphatic heterocycles. The Bertz CT molecular complexity index is 333. The fraction of sp³-hybridized carbons (Fsp3) is 0.727. The van der Waals surface area contributed by atoms with Gasteiger partial charge in [-0.2, -0.15) is 0 Å². The van der Waals surface area contributed by atoms with Gasteiger partial charge in [-0.3, -0.25) is 0 Å². The van der Waals surface area contributed by atoms with Crippen LogP contribution in [0.1, 0.15) is 41.3 Å². The van der Waals surface area contributed by atoms with E-state index in [0.717, 1.165) is 6.42 Å². The molecule has 1 heterocycles. The van der Waals surface area contributed by atoms with Gasteiger partial charge in [0.15, 0.2) is 0 Å². The smallest absolute Gasteiger partial charge is 0.0957 e. The van der Waals surface area contributed by atoms with Crippen molar-refractivity contribution in [2.45, 2.75) is 44.8 Å². The van der Waals surface area contributed by atoms with Crippen LogP contribution in [0.25, 0.3) is 0 Å². The highest BCUT2D eigenvalue weighted by molar-refractivity contribution is 7.11. The highest BCUT2D eigenvalue weighted by Gasteiger charge is 2.29. The van der Waals surface area contributed by atoms with Gasteiger partial charge in [0.1, 0.15) is 0 Å².